The molecule has 1 unspecified atom stereocenters. The Labute approximate surface area is 103 Å². The fourth-order valence-corrected chi connectivity index (χ4v) is 1.87. The molecule has 0 heterocycles. The molecule has 0 bridgehead atoms. The number of ether oxygens (including phenoxy) is 2. The minimum Gasteiger partial charge on any atom is -0.496 e. The molecule has 0 fully saturated rings. The number of benzene rings is 1. The van der Waals surface area contributed by atoms with Crippen LogP contribution in [-0.4, -0.2) is 44.9 Å². The van der Waals surface area contributed by atoms with Gasteiger partial charge in [0.2, 0.25) is 0 Å². The van der Waals surface area contributed by atoms with Gasteiger partial charge in [0.15, 0.2) is 0 Å². The van der Waals surface area contributed by atoms with Crippen LogP contribution in [-0.2, 0) is 0 Å². The van der Waals surface area contributed by atoms with Crippen molar-refractivity contribution in [2.45, 2.75) is 13.0 Å². The summed E-state index contributed by atoms with van der Waals surface area (Å²) < 4.78 is 10.7. The lowest BCUT2D eigenvalue weighted by Gasteiger charge is -2.25. The number of hydrogen-bond acceptors (Lipinski definition) is 4. The molecule has 1 N–H and O–H groups in total. The van der Waals surface area contributed by atoms with E-state index in [1.54, 1.807) is 14.2 Å². The van der Waals surface area contributed by atoms with Gasteiger partial charge in [0.05, 0.1) is 26.9 Å². The first kappa shape index (κ1) is 13.8. The number of hydrogen-bond donors (Lipinski definition) is 1. The molecule has 1 rings (SSSR count). The van der Waals surface area contributed by atoms with Crippen molar-refractivity contribution in [1.29, 1.82) is 0 Å². The Kier molecular flexibility index (Phi) is 4.78. The van der Waals surface area contributed by atoms with Crippen LogP contribution in [0, 0.1) is 6.92 Å². The van der Waals surface area contributed by atoms with E-state index in [9.17, 15) is 5.11 Å². The molecule has 17 heavy (non-hydrogen) atoms. The highest BCUT2D eigenvalue weighted by atomic mass is 16.5. The average Bonchev–Trinajstić information content (AvgIpc) is 2.30. The van der Waals surface area contributed by atoms with Gasteiger partial charge in [0.25, 0.3) is 0 Å². The summed E-state index contributed by atoms with van der Waals surface area (Å²) >= 11 is 0. The molecule has 0 saturated carbocycles. The zero-order valence-electron chi connectivity index (χ0n) is 11.2. The van der Waals surface area contributed by atoms with Crippen LogP contribution < -0.4 is 9.47 Å². The minimum atomic E-state index is -0.0977. The Balaban J connectivity index is 3.28. The normalized spacial score (nSPS) is 12.6. The molecule has 4 nitrogen and oxygen atoms in total. The number of methoxy groups -OCH3 is 2. The molecule has 0 aliphatic rings. The first-order valence-corrected chi connectivity index (χ1v) is 5.55. The van der Waals surface area contributed by atoms with E-state index in [0.717, 1.165) is 22.6 Å². The summed E-state index contributed by atoms with van der Waals surface area (Å²) in [6.45, 7) is 2.00. The highest BCUT2D eigenvalue weighted by Gasteiger charge is 2.19. The molecule has 0 aliphatic carbocycles. The van der Waals surface area contributed by atoms with Crippen LogP contribution >= 0.6 is 0 Å². The molecule has 1 atom stereocenters. The zero-order chi connectivity index (χ0) is 13.0. The molecule has 0 aromatic heterocycles. The second-order valence-corrected chi connectivity index (χ2v) is 4.23. The van der Waals surface area contributed by atoms with E-state index >= 15 is 0 Å². The monoisotopic (exact) mass is 239 g/mol. The third-order valence-corrected chi connectivity index (χ3v) is 2.90. The fourth-order valence-electron chi connectivity index (χ4n) is 1.87. The summed E-state index contributed by atoms with van der Waals surface area (Å²) in [6.07, 6.45) is 0. The summed E-state index contributed by atoms with van der Waals surface area (Å²) in [6, 6.07) is 3.76. The predicted molar refractivity (Wildman–Crippen MR) is 67.8 cm³/mol. The van der Waals surface area contributed by atoms with Gasteiger partial charge in [-0.25, -0.2) is 0 Å². The standard InChI is InChI=1S/C13H21NO3/c1-9-6-13(17-5)10(7-12(9)16-4)11(8-15)14(2)3/h6-7,11,15H,8H2,1-5H3. The van der Waals surface area contributed by atoms with E-state index in [2.05, 4.69) is 0 Å². The lowest BCUT2D eigenvalue weighted by atomic mass is 10.0. The molecule has 1 aromatic carbocycles. The van der Waals surface area contributed by atoms with Crippen molar-refractivity contribution in [3.05, 3.63) is 23.3 Å². The zero-order valence-corrected chi connectivity index (χ0v) is 11.2. The van der Waals surface area contributed by atoms with E-state index < -0.39 is 0 Å². The molecule has 4 heteroatoms. The van der Waals surface area contributed by atoms with E-state index in [1.165, 1.54) is 0 Å². The number of nitrogens with zero attached hydrogens (tertiary/aromatic N) is 1. The van der Waals surface area contributed by atoms with Crippen molar-refractivity contribution in [2.75, 3.05) is 34.9 Å². The second kappa shape index (κ2) is 5.89. The first-order chi connectivity index (χ1) is 8.04. The van der Waals surface area contributed by atoms with E-state index in [0.29, 0.717) is 0 Å². The molecule has 0 saturated heterocycles. The summed E-state index contributed by atoms with van der Waals surface area (Å²) in [5.41, 5.74) is 1.95. The molecule has 0 aliphatic heterocycles. The summed E-state index contributed by atoms with van der Waals surface area (Å²) in [7, 11) is 7.12. The lowest BCUT2D eigenvalue weighted by Crippen LogP contribution is -2.23. The number of aliphatic hydroxyl groups is 1. The quantitative estimate of drug-likeness (QED) is 0.847. The Bertz CT molecular complexity index is 377. The van der Waals surface area contributed by atoms with Crippen molar-refractivity contribution in [1.82, 2.24) is 4.90 Å². The van der Waals surface area contributed by atoms with Crippen LogP contribution in [0.1, 0.15) is 17.2 Å². The van der Waals surface area contributed by atoms with Gasteiger partial charge in [0.1, 0.15) is 11.5 Å². The second-order valence-electron chi connectivity index (χ2n) is 4.23. The number of aryl methyl sites for hydroxylation is 1. The lowest BCUT2D eigenvalue weighted by molar-refractivity contribution is 0.167. The molecular weight excluding hydrogens is 218 g/mol. The molecule has 0 amide bonds. The molecule has 0 spiro atoms. The Morgan fingerprint density at radius 1 is 1.18 bits per heavy atom. The highest BCUT2D eigenvalue weighted by Crippen LogP contribution is 2.33. The van der Waals surface area contributed by atoms with Crippen LogP contribution in [0.15, 0.2) is 12.1 Å². The predicted octanol–water partition coefficient (Wildman–Crippen LogP) is 1.61. The maximum Gasteiger partial charge on any atom is 0.124 e. The van der Waals surface area contributed by atoms with Crippen LogP contribution in [0.25, 0.3) is 0 Å². The summed E-state index contributed by atoms with van der Waals surface area (Å²) in [4.78, 5) is 1.95. The smallest absolute Gasteiger partial charge is 0.124 e. The van der Waals surface area contributed by atoms with Gasteiger partial charge in [-0.2, -0.15) is 0 Å². The third-order valence-electron chi connectivity index (χ3n) is 2.90. The Hall–Kier alpha value is -1.26. The van der Waals surface area contributed by atoms with Crippen molar-refractivity contribution in [3.63, 3.8) is 0 Å². The Morgan fingerprint density at radius 2 is 1.76 bits per heavy atom. The molecule has 1 aromatic rings. The highest BCUT2D eigenvalue weighted by molar-refractivity contribution is 5.47. The van der Waals surface area contributed by atoms with Crippen LogP contribution in [0.5, 0.6) is 11.5 Å². The fraction of sp³-hybridized carbons (Fsp3) is 0.538. The maximum atomic E-state index is 9.46. The van der Waals surface area contributed by atoms with Crippen molar-refractivity contribution in [2.24, 2.45) is 0 Å². The van der Waals surface area contributed by atoms with Gasteiger partial charge in [0, 0.05) is 5.56 Å². The third kappa shape index (κ3) is 2.90. The summed E-state index contributed by atoms with van der Waals surface area (Å²) in [5, 5.41) is 9.46. The van der Waals surface area contributed by atoms with E-state index in [-0.39, 0.29) is 12.6 Å². The Morgan fingerprint density at radius 3 is 2.18 bits per heavy atom. The topological polar surface area (TPSA) is 41.9 Å². The van der Waals surface area contributed by atoms with Crippen molar-refractivity contribution < 1.29 is 14.6 Å². The largest absolute Gasteiger partial charge is 0.496 e. The average molecular weight is 239 g/mol. The van der Waals surface area contributed by atoms with Crippen molar-refractivity contribution >= 4 is 0 Å². The van der Waals surface area contributed by atoms with Crippen LogP contribution in [0.2, 0.25) is 0 Å². The molecule has 96 valence electrons. The number of rotatable bonds is 5. The molecule has 0 radical (unpaired) electrons. The van der Waals surface area contributed by atoms with Gasteiger partial charge in [-0.1, -0.05) is 0 Å². The van der Waals surface area contributed by atoms with E-state index in [1.807, 2.05) is 38.1 Å². The van der Waals surface area contributed by atoms with Crippen LogP contribution in [0.4, 0.5) is 0 Å². The maximum absolute atomic E-state index is 9.46. The van der Waals surface area contributed by atoms with E-state index in [4.69, 9.17) is 9.47 Å². The number of likely N-dealkylation sites (N-methyl/N-ethyl adjacent to an activating group) is 1. The van der Waals surface area contributed by atoms with Gasteiger partial charge in [-0.15, -0.1) is 0 Å². The SMILES string of the molecule is COc1cc(C(CO)N(C)C)c(OC)cc1C. The molecular formula is C13H21NO3. The first-order valence-electron chi connectivity index (χ1n) is 5.55. The van der Waals surface area contributed by atoms with Crippen molar-refractivity contribution in [3.8, 4) is 11.5 Å². The summed E-state index contributed by atoms with van der Waals surface area (Å²) in [5.74, 6) is 1.58. The van der Waals surface area contributed by atoms with Gasteiger partial charge in [-0.05, 0) is 38.7 Å². The minimum absolute atomic E-state index is 0.0373. The number of aliphatic hydroxyl groups excluding tert-OH is 1. The van der Waals surface area contributed by atoms with Crippen LogP contribution in [0.3, 0.4) is 0 Å². The van der Waals surface area contributed by atoms with Gasteiger partial charge >= 0.3 is 0 Å². The van der Waals surface area contributed by atoms with Gasteiger partial charge in [-0.3, -0.25) is 0 Å². The van der Waals surface area contributed by atoms with Gasteiger partial charge < -0.3 is 19.5 Å².